The average molecular weight is 210 g/mol. The van der Waals surface area contributed by atoms with Gasteiger partial charge in [-0.05, 0) is 30.5 Å². The van der Waals surface area contributed by atoms with E-state index < -0.39 is 5.97 Å². The van der Waals surface area contributed by atoms with Crippen LogP contribution in [0, 0.1) is 13.8 Å². The molecule has 0 unspecified atom stereocenters. The maximum absolute atomic E-state index is 10.4. The molecule has 0 aliphatic carbocycles. The van der Waals surface area contributed by atoms with E-state index in [4.69, 9.17) is 14.9 Å². The van der Waals surface area contributed by atoms with Gasteiger partial charge in [-0.15, -0.1) is 0 Å². The molecule has 2 N–H and O–H groups in total. The van der Waals surface area contributed by atoms with Crippen molar-refractivity contribution in [3.8, 4) is 5.75 Å². The number of carboxylic acids is 1. The van der Waals surface area contributed by atoms with Gasteiger partial charge in [-0.3, -0.25) is 0 Å². The summed E-state index contributed by atoms with van der Waals surface area (Å²) in [5, 5.41) is 17.5. The van der Waals surface area contributed by atoms with E-state index in [1.807, 2.05) is 13.8 Å². The summed E-state index contributed by atoms with van der Waals surface area (Å²) in [6.07, 6.45) is 0. The fraction of sp³-hybridized carbons (Fsp3) is 0.364. The molecule has 4 heteroatoms. The Morgan fingerprint density at radius 3 is 2.27 bits per heavy atom. The van der Waals surface area contributed by atoms with Crippen LogP contribution in [0.2, 0.25) is 0 Å². The van der Waals surface area contributed by atoms with Gasteiger partial charge in [-0.1, -0.05) is 12.1 Å². The van der Waals surface area contributed by atoms with E-state index in [2.05, 4.69) is 0 Å². The second kappa shape index (κ2) is 4.79. The lowest BCUT2D eigenvalue weighted by Crippen LogP contribution is -2.11. The lowest BCUT2D eigenvalue weighted by Gasteiger charge is -2.11. The summed E-state index contributed by atoms with van der Waals surface area (Å²) in [7, 11) is 0. The normalized spacial score (nSPS) is 10.1. The van der Waals surface area contributed by atoms with Crippen molar-refractivity contribution < 1.29 is 19.7 Å². The molecule has 0 aliphatic rings. The number of aliphatic carboxylic acids is 1. The van der Waals surface area contributed by atoms with Crippen molar-refractivity contribution in [2.45, 2.75) is 20.5 Å². The minimum atomic E-state index is -1.000. The number of rotatable bonds is 4. The summed E-state index contributed by atoms with van der Waals surface area (Å²) in [5.74, 6) is -0.422. The van der Waals surface area contributed by atoms with Crippen LogP contribution in [0.3, 0.4) is 0 Å². The molecule has 0 heterocycles. The lowest BCUT2D eigenvalue weighted by atomic mass is 10.1. The van der Waals surface area contributed by atoms with Crippen LogP contribution in [0.1, 0.15) is 16.7 Å². The Kier molecular flexibility index (Phi) is 3.68. The maximum atomic E-state index is 10.4. The van der Waals surface area contributed by atoms with E-state index >= 15 is 0 Å². The zero-order valence-corrected chi connectivity index (χ0v) is 8.78. The first kappa shape index (κ1) is 11.5. The Morgan fingerprint density at radius 1 is 1.33 bits per heavy atom. The molecule has 0 fully saturated rings. The highest BCUT2D eigenvalue weighted by Gasteiger charge is 2.07. The van der Waals surface area contributed by atoms with Crippen LogP contribution >= 0.6 is 0 Å². The van der Waals surface area contributed by atoms with Crippen molar-refractivity contribution in [1.29, 1.82) is 0 Å². The molecule has 0 saturated carbocycles. The van der Waals surface area contributed by atoms with Crippen LogP contribution in [-0.4, -0.2) is 22.8 Å². The quantitative estimate of drug-likeness (QED) is 0.785. The topological polar surface area (TPSA) is 66.8 Å². The van der Waals surface area contributed by atoms with E-state index in [1.54, 1.807) is 12.1 Å². The van der Waals surface area contributed by atoms with Crippen LogP contribution < -0.4 is 4.74 Å². The number of ether oxygens (including phenoxy) is 1. The van der Waals surface area contributed by atoms with Crippen LogP contribution in [0.4, 0.5) is 0 Å². The molecule has 0 aliphatic heterocycles. The third kappa shape index (κ3) is 2.95. The smallest absolute Gasteiger partial charge is 0.341 e. The van der Waals surface area contributed by atoms with E-state index in [-0.39, 0.29) is 13.2 Å². The predicted octanol–water partition coefficient (Wildman–Crippen LogP) is 1.26. The van der Waals surface area contributed by atoms with Crippen LogP contribution in [0.5, 0.6) is 5.75 Å². The minimum Gasteiger partial charge on any atom is -0.481 e. The number of carbonyl (C=O) groups is 1. The monoisotopic (exact) mass is 210 g/mol. The van der Waals surface area contributed by atoms with E-state index in [0.717, 1.165) is 16.7 Å². The molecule has 0 radical (unpaired) electrons. The zero-order valence-electron chi connectivity index (χ0n) is 8.78. The van der Waals surface area contributed by atoms with Gasteiger partial charge in [0.15, 0.2) is 6.61 Å². The van der Waals surface area contributed by atoms with Crippen molar-refractivity contribution in [2.24, 2.45) is 0 Å². The van der Waals surface area contributed by atoms with Crippen molar-refractivity contribution in [1.82, 2.24) is 0 Å². The van der Waals surface area contributed by atoms with Crippen molar-refractivity contribution in [3.63, 3.8) is 0 Å². The summed E-state index contributed by atoms with van der Waals surface area (Å²) < 4.78 is 5.15. The summed E-state index contributed by atoms with van der Waals surface area (Å²) >= 11 is 0. The van der Waals surface area contributed by atoms with E-state index in [0.29, 0.717) is 5.75 Å². The molecule has 0 saturated heterocycles. The maximum Gasteiger partial charge on any atom is 0.341 e. The van der Waals surface area contributed by atoms with E-state index in [1.165, 1.54) is 0 Å². The number of hydrogen-bond donors (Lipinski definition) is 2. The largest absolute Gasteiger partial charge is 0.481 e. The van der Waals surface area contributed by atoms with E-state index in [9.17, 15) is 4.79 Å². The van der Waals surface area contributed by atoms with Gasteiger partial charge < -0.3 is 14.9 Å². The van der Waals surface area contributed by atoms with Crippen LogP contribution in [-0.2, 0) is 11.4 Å². The van der Waals surface area contributed by atoms with Gasteiger partial charge in [-0.25, -0.2) is 4.79 Å². The molecule has 0 spiro atoms. The van der Waals surface area contributed by atoms with Crippen molar-refractivity contribution in [3.05, 3.63) is 28.8 Å². The van der Waals surface area contributed by atoms with Gasteiger partial charge >= 0.3 is 5.97 Å². The Bertz CT molecular complexity index is 348. The fourth-order valence-electron chi connectivity index (χ4n) is 1.49. The number of benzene rings is 1. The molecule has 0 amide bonds. The first-order valence-electron chi connectivity index (χ1n) is 4.60. The highest BCUT2D eigenvalue weighted by Crippen LogP contribution is 2.24. The SMILES string of the molecule is Cc1cc(CO)cc(C)c1OCC(=O)O. The number of aliphatic hydroxyl groups excluding tert-OH is 1. The number of carboxylic acid groups (broad SMARTS) is 1. The van der Waals surface area contributed by atoms with Gasteiger partial charge in [0.05, 0.1) is 6.61 Å². The van der Waals surface area contributed by atoms with Gasteiger partial charge in [-0.2, -0.15) is 0 Å². The summed E-state index contributed by atoms with van der Waals surface area (Å²) in [6, 6.07) is 3.56. The predicted molar refractivity (Wildman–Crippen MR) is 55.0 cm³/mol. The molecular formula is C11H14O4. The number of hydrogen-bond acceptors (Lipinski definition) is 3. The average Bonchev–Trinajstić information content (AvgIpc) is 2.15. The summed E-state index contributed by atoms with van der Waals surface area (Å²) in [6.45, 7) is 3.27. The lowest BCUT2D eigenvalue weighted by molar-refractivity contribution is -0.139. The molecule has 1 aromatic rings. The second-order valence-corrected chi connectivity index (χ2v) is 3.40. The molecule has 0 bridgehead atoms. The molecule has 82 valence electrons. The number of aliphatic hydroxyl groups is 1. The molecule has 1 rings (SSSR count). The van der Waals surface area contributed by atoms with Gasteiger partial charge in [0.2, 0.25) is 0 Å². The summed E-state index contributed by atoms with van der Waals surface area (Å²) in [5.41, 5.74) is 2.47. The van der Waals surface area contributed by atoms with Crippen molar-refractivity contribution in [2.75, 3.05) is 6.61 Å². The Labute approximate surface area is 88.1 Å². The minimum absolute atomic E-state index is 0.0269. The molecule has 4 nitrogen and oxygen atoms in total. The first-order valence-corrected chi connectivity index (χ1v) is 4.60. The highest BCUT2D eigenvalue weighted by molar-refractivity contribution is 5.68. The highest BCUT2D eigenvalue weighted by atomic mass is 16.5. The van der Waals surface area contributed by atoms with Crippen LogP contribution in [0.25, 0.3) is 0 Å². The number of aryl methyl sites for hydroxylation is 2. The molecule has 15 heavy (non-hydrogen) atoms. The van der Waals surface area contributed by atoms with Gasteiger partial charge in [0.25, 0.3) is 0 Å². The standard InChI is InChI=1S/C11H14O4/c1-7-3-9(5-12)4-8(2)11(7)15-6-10(13)14/h3-4,12H,5-6H2,1-2H3,(H,13,14). The molecular weight excluding hydrogens is 196 g/mol. The Hall–Kier alpha value is -1.55. The Balaban J connectivity index is 2.92. The third-order valence-corrected chi connectivity index (χ3v) is 2.04. The Morgan fingerprint density at radius 2 is 1.87 bits per heavy atom. The van der Waals surface area contributed by atoms with Crippen LogP contribution in [0.15, 0.2) is 12.1 Å². The molecule has 1 aromatic carbocycles. The zero-order chi connectivity index (χ0) is 11.4. The molecule has 0 aromatic heterocycles. The molecule has 0 atom stereocenters. The van der Waals surface area contributed by atoms with Crippen molar-refractivity contribution >= 4 is 5.97 Å². The van der Waals surface area contributed by atoms with Gasteiger partial charge in [0.1, 0.15) is 5.75 Å². The van der Waals surface area contributed by atoms with Gasteiger partial charge in [0, 0.05) is 0 Å². The second-order valence-electron chi connectivity index (χ2n) is 3.40. The first-order chi connectivity index (χ1) is 7.04. The fourth-order valence-corrected chi connectivity index (χ4v) is 1.49. The third-order valence-electron chi connectivity index (χ3n) is 2.04. The summed E-state index contributed by atoms with van der Waals surface area (Å²) in [4.78, 5) is 10.4.